The number of nitrogens with two attached hydrogens (primary N) is 1. The number of likely N-dealkylation sites (N-methyl/N-ethyl adjacent to an activating group) is 1. The first-order valence-corrected chi connectivity index (χ1v) is 16.5. The van der Waals surface area contributed by atoms with E-state index in [-0.39, 0.29) is 35.4 Å². The predicted molar refractivity (Wildman–Crippen MR) is 186 cm³/mol. The van der Waals surface area contributed by atoms with Gasteiger partial charge in [-0.2, -0.15) is 0 Å². The van der Waals surface area contributed by atoms with Gasteiger partial charge < -0.3 is 15.5 Å². The normalized spacial score (nSPS) is 18.7. The second kappa shape index (κ2) is 16.5. The molecular formula is C38H37F3N4O7. The van der Waals surface area contributed by atoms with Crippen molar-refractivity contribution in [2.45, 2.75) is 44.6 Å². The predicted octanol–water partition coefficient (Wildman–Crippen LogP) is 5.39. The van der Waals surface area contributed by atoms with Gasteiger partial charge in [0.2, 0.25) is 11.8 Å². The molecule has 272 valence electrons. The third kappa shape index (κ3) is 9.12. The molecule has 3 aliphatic carbocycles. The molecule has 1 fully saturated rings. The van der Waals surface area contributed by atoms with Crippen molar-refractivity contribution in [3.8, 4) is 0 Å². The van der Waals surface area contributed by atoms with E-state index in [0.717, 1.165) is 89.7 Å². The zero-order valence-electron chi connectivity index (χ0n) is 28.6. The summed E-state index contributed by atoms with van der Waals surface area (Å²) in [5, 5.41) is 10.6. The van der Waals surface area contributed by atoms with Crippen molar-refractivity contribution in [2.75, 3.05) is 27.2 Å². The summed E-state index contributed by atoms with van der Waals surface area (Å²) in [6, 6.07) is 13.5. The molecule has 1 unspecified atom stereocenters. The number of rotatable bonds is 6. The van der Waals surface area contributed by atoms with Crippen molar-refractivity contribution in [3.63, 3.8) is 0 Å². The summed E-state index contributed by atoms with van der Waals surface area (Å²) in [5.41, 5.74) is 12.2. The Hall–Kier alpha value is -5.76. The number of amides is 3. The van der Waals surface area contributed by atoms with E-state index in [2.05, 4.69) is 4.84 Å². The molecule has 3 aromatic carbocycles. The molecule has 0 bridgehead atoms. The number of hydrogen-bond donors (Lipinski definition) is 1. The average molecular weight is 719 g/mol. The van der Waals surface area contributed by atoms with Crippen molar-refractivity contribution in [1.29, 1.82) is 0 Å². The van der Waals surface area contributed by atoms with Crippen molar-refractivity contribution >= 4 is 34.4 Å². The number of halogens is 3. The van der Waals surface area contributed by atoms with Crippen LogP contribution in [0.15, 0.2) is 72.8 Å². The SMILES string of the molecule is CON(C)C(=O)/C=C1\CCc2ccc(F)cc21.NC(=O)/C=C1/c2cc(F)ccc2CC1O[N+](=O)[O-].O=C(/C=C1\CCc2ccc(F)cc21)N1CCC1. The van der Waals surface area contributed by atoms with Gasteiger partial charge in [-0.3, -0.25) is 19.2 Å². The van der Waals surface area contributed by atoms with Crippen molar-refractivity contribution in [3.05, 3.63) is 134 Å². The third-order valence-electron chi connectivity index (χ3n) is 9.16. The van der Waals surface area contributed by atoms with Crippen LogP contribution in [0.3, 0.4) is 0 Å². The second-order valence-electron chi connectivity index (χ2n) is 12.5. The van der Waals surface area contributed by atoms with Gasteiger partial charge in [0, 0.05) is 44.8 Å². The smallest absolute Gasteiger partial charge is 0.295 e. The first kappa shape index (κ1) is 37.5. The molecule has 0 radical (unpaired) electrons. The minimum Gasteiger partial charge on any atom is -0.366 e. The van der Waals surface area contributed by atoms with Crippen LogP contribution in [0.1, 0.15) is 52.6 Å². The highest BCUT2D eigenvalue weighted by atomic mass is 19.1. The van der Waals surface area contributed by atoms with Crippen LogP contribution >= 0.6 is 0 Å². The molecule has 2 N–H and O–H groups in total. The minimum absolute atomic E-state index is 0.0726. The Morgan fingerprint density at radius 3 is 1.83 bits per heavy atom. The van der Waals surface area contributed by atoms with E-state index in [1.807, 2.05) is 11.0 Å². The monoisotopic (exact) mass is 718 g/mol. The molecule has 7 rings (SSSR count). The Morgan fingerprint density at radius 1 is 0.827 bits per heavy atom. The maximum absolute atomic E-state index is 13.2. The van der Waals surface area contributed by atoms with Crippen LogP contribution < -0.4 is 5.73 Å². The van der Waals surface area contributed by atoms with Gasteiger partial charge in [-0.25, -0.2) is 18.2 Å². The molecule has 3 amide bonds. The highest BCUT2D eigenvalue weighted by Gasteiger charge is 2.30. The fraction of sp³-hybridized carbons (Fsp3) is 0.289. The van der Waals surface area contributed by atoms with Crippen LogP contribution in [-0.4, -0.2) is 66.1 Å². The van der Waals surface area contributed by atoms with Crippen LogP contribution in [0.25, 0.3) is 16.7 Å². The second-order valence-corrected chi connectivity index (χ2v) is 12.5. The van der Waals surface area contributed by atoms with Gasteiger partial charge in [0.15, 0.2) is 0 Å². The number of aryl methyl sites for hydroxylation is 2. The number of primary amides is 1. The molecule has 11 nitrogen and oxygen atoms in total. The Kier molecular flexibility index (Phi) is 11.9. The van der Waals surface area contributed by atoms with Gasteiger partial charge in [0.25, 0.3) is 11.0 Å². The summed E-state index contributed by atoms with van der Waals surface area (Å²) >= 11 is 0. The quantitative estimate of drug-likeness (QED) is 0.204. The minimum atomic E-state index is -0.943. The fourth-order valence-corrected chi connectivity index (χ4v) is 6.35. The highest BCUT2D eigenvalue weighted by molar-refractivity contribution is 5.97. The molecule has 14 heteroatoms. The largest absolute Gasteiger partial charge is 0.366 e. The summed E-state index contributed by atoms with van der Waals surface area (Å²) in [6.07, 6.45) is 7.97. The van der Waals surface area contributed by atoms with Crippen LogP contribution in [0, 0.1) is 27.6 Å². The van der Waals surface area contributed by atoms with Crippen LogP contribution in [0.4, 0.5) is 13.2 Å². The molecule has 1 saturated heterocycles. The van der Waals surface area contributed by atoms with E-state index >= 15 is 0 Å². The molecule has 3 aromatic rings. The van der Waals surface area contributed by atoms with Crippen molar-refractivity contribution < 1.29 is 42.3 Å². The maximum atomic E-state index is 13.2. The molecule has 1 aliphatic heterocycles. The lowest BCUT2D eigenvalue weighted by Gasteiger charge is -2.29. The molecule has 4 aliphatic rings. The van der Waals surface area contributed by atoms with Crippen molar-refractivity contribution in [1.82, 2.24) is 9.96 Å². The van der Waals surface area contributed by atoms with Gasteiger partial charge in [0.05, 0.1) is 7.11 Å². The lowest BCUT2D eigenvalue weighted by molar-refractivity contribution is -0.764. The number of hydroxylamine groups is 2. The average Bonchev–Trinajstić information content (AvgIpc) is 3.75. The number of carbonyl (C=O) groups excluding carboxylic acids is 3. The maximum Gasteiger partial charge on any atom is 0.295 e. The molecular weight excluding hydrogens is 681 g/mol. The number of carbonyl (C=O) groups is 3. The van der Waals surface area contributed by atoms with Gasteiger partial charge in [0.1, 0.15) is 23.6 Å². The summed E-state index contributed by atoms with van der Waals surface area (Å²) in [6.45, 7) is 1.72. The number of fused-ring (bicyclic) bond motifs is 3. The lowest BCUT2D eigenvalue weighted by Crippen LogP contribution is -2.41. The molecule has 0 spiro atoms. The van der Waals surface area contributed by atoms with E-state index in [0.29, 0.717) is 11.1 Å². The summed E-state index contributed by atoms with van der Waals surface area (Å²) in [5.74, 6) is -1.93. The Balaban J connectivity index is 0.000000151. The van der Waals surface area contributed by atoms with Gasteiger partial charge in [-0.1, -0.05) is 18.2 Å². The van der Waals surface area contributed by atoms with Gasteiger partial charge in [-0.15, -0.1) is 10.1 Å². The molecule has 1 heterocycles. The van der Waals surface area contributed by atoms with Gasteiger partial charge in [-0.05, 0) is 119 Å². The van der Waals surface area contributed by atoms with Crippen LogP contribution in [-0.2, 0) is 43.3 Å². The van der Waals surface area contributed by atoms with E-state index in [4.69, 9.17) is 10.6 Å². The van der Waals surface area contributed by atoms with Crippen molar-refractivity contribution in [2.24, 2.45) is 5.73 Å². The number of nitrogens with zero attached hydrogens (tertiary/aromatic N) is 3. The number of benzene rings is 3. The van der Waals surface area contributed by atoms with Gasteiger partial charge >= 0.3 is 0 Å². The molecule has 52 heavy (non-hydrogen) atoms. The van der Waals surface area contributed by atoms with Crippen LogP contribution in [0.2, 0.25) is 0 Å². The summed E-state index contributed by atoms with van der Waals surface area (Å²) < 4.78 is 39.5. The topological polar surface area (TPSA) is 145 Å². The van der Waals surface area contributed by atoms with E-state index in [9.17, 15) is 37.7 Å². The molecule has 0 aromatic heterocycles. The zero-order valence-corrected chi connectivity index (χ0v) is 28.6. The first-order valence-electron chi connectivity index (χ1n) is 16.5. The van der Waals surface area contributed by atoms with E-state index in [1.165, 1.54) is 55.7 Å². The third-order valence-corrected chi connectivity index (χ3v) is 9.16. The molecule has 0 saturated carbocycles. The highest BCUT2D eigenvalue weighted by Crippen LogP contribution is 2.36. The fourth-order valence-electron chi connectivity index (χ4n) is 6.35. The Labute approximate surface area is 297 Å². The molecule has 1 atom stereocenters. The first-order chi connectivity index (χ1) is 24.8. The number of allylic oxidation sites excluding steroid dienone is 2. The van der Waals surface area contributed by atoms with E-state index < -0.39 is 22.9 Å². The Bertz CT molecular complexity index is 1910. The summed E-state index contributed by atoms with van der Waals surface area (Å²) in [4.78, 5) is 55.9. The van der Waals surface area contributed by atoms with E-state index in [1.54, 1.807) is 19.2 Å². The number of likely N-dealkylation sites (tertiary alicyclic amines) is 1. The zero-order chi connectivity index (χ0) is 37.5. The van der Waals surface area contributed by atoms with Crippen LogP contribution in [0.5, 0.6) is 0 Å². The summed E-state index contributed by atoms with van der Waals surface area (Å²) in [7, 11) is 2.97. The lowest BCUT2D eigenvalue weighted by atomic mass is 10.1. The Morgan fingerprint density at radius 2 is 1.35 bits per heavy atom. The number of hydrogen-bond acceptors (Lipinski definition) is 7. The standard InChI is InChI=1S/C14H14FNO.C13H14FNO2.C11H9FN2O4/c15-12-5-4-10-2-3-11(13(10)9-12)8-14(17)16-6-1-7-16;1-15(17-2)13(16)7-10-4-3-9-5-6-11(14)8-12(9)10;12-7-2-1-6-3-10(18-14(16)17)9(5-11(13)15)8(6)4-7/h4-5,8-9H,1-3,6-7H2;5-8H,3-4H2,1-2H3;1-2,4-5,10H,3H2,(H2,13,15)/b11-8+;10-7+;9-5-.